The lowest BCUT2D eigenvalue weighted by Crippen LogP contribution is -2.20. The summed E-state index contributed by atoms with van der Waals surface area (Å²) in [6, 6.07) is 0. The summed E-state index contributed by atoms with van der Waals surface area (Å²) in [4.78, 5) is 11.2. The molecule has 0 N–H and O–H groups in total. The molecule has 0 saturated heterocycles. The van der Waals surface area contributed by atoms with Gasteiger partial charge in [0, 0.05) is 11.3 Å². The fourth-order valence-corrected chi connectivity index (χ4v) is 2.21. The molecule has 0 aromatic rings. The highest BCUT2D eigenvalue weighted by Gasteiger charge is 2.55. The molecule has 0 radical (unpaired) electrons. The molecule has 0 aliphatic heterocycles. The van der Waals surface area contributed by atoms with Gasteiger partial charge in [-0.25, -0.2) is 0 Å². The van der Waals surface area contributed by atoms with Gasteiger partial charge >= 0.3 is 0 Å². The smallest absolute Gasteiger partial charge is 0.133 e. The van der Waals surface area contributed by atoms with Gasteiger partial charge in [-0.2, -0.15) is 0 Å². The minimum atomic E-state index is 0.198. The second kappa shape index (κ2) is 2.32. The highest BCUT2D eigenvalue weighted by atomic mass is 16.1. The molecule has 64 valence electrons. The zero-order chi connectivity index (χ0) is 8.77. The third-order valence-electron chi connectivity index (χ3n) is 3.38. The second-order valence-electron chi connectivity index (χ2n) is 4.00. The SMILES string of the molecule is CC(=O)C(C)C12C=CC=CC1C2. The fraction of sp³-hybridized carbons (Fsp3) is 0.545. The van der Waals surface area contributed by atoms with Crippen LogP contribution in [0.4, 0.5) is 0 Å². The topological polar surface area (TPSA) is 17.1 Å². The Bertz CT molecular complexity index is 275. The number of allylic oxidation sites excluding steroid dienone is 4. The Morgan fingerprint density at radius 3 is 2.92 bits per heavy atom. The zero-order valence-electron chi connectivity index (χ0n) is 7.58. The van der Waals surface area contributed by atoms with Crippen LogP contribution in [0.5, 0.6) is 0 Å². The Morgan fingerprint density at radius 2 is 2.33 bits per heavy atom. The maximum absolute atomic E-state index is 11.2. The summed E-state index contributed by atoms with van der Waals surface area (Å²) in [5.41, 5.74) is 0.209. The van der Waals surface area contributed by atoms with Gasteiger partial charge in [-0.3, -0.25) is 4.79 Å². The van der Waals surface area contributed by atoms with Crippen molar-refractivity contribution in [3.05, 3.63) is 24.3 Å². The number of fused-ring (bicyclic) bond motifs is 1. The Hall–Kier alpha value is -0.850. The van der Waals surface area contributed by atoms with E-state index in [-0.39, 0.29) is 11.3 Å². The van der Waals surface area contributed by atoms with Crippen molar-refractivity contribution in [1.29, 1.82) is 0 Å². The first-order chi connectivity index (χ1) is 5.67. The third-order valence-corrected chi connectivity index (χ3v) is 3.38. The minimum Gasteiger partial charge on any atom is -0.300 e. The van der Waals surface area contributed by atoms with Crippen LogP contribution in [0, 0.1) is 17.3 Å². The predicted octanol–water partition coefficient (Wildman–Crippen LogP) is 2.34. The molecule has 1 fully saturated rings. The average Bonchev–Trinajstić information content (AvgIpc) is 2.77. The molecule has 3 unspecified atom stereocenters. The van der Waals surface area contributed by atoms with Gasteiger partial charge in [0.2, 0.25) is 0 Å². The quantitative estimate of drug-likeness (QED) is 0.609. The van der Waals surface area contributed by atoms with Gasteiger partial charge in [-0.15, -0.1) is 0 Å². The van der Waals surface area contributed by atoms with Crippen LogP contribution in [0.15, 0.2) is 24.3 Å². The van der Waals surface area contributed by atoms with E-state index < -0.39 is 0 Å². The zero-order valence-corrected chi connectivity index (χ0v) is 7.58. The number of rotatable bonds is 2. The summed E-state index contributed by atoms with van der Waals surface area (Å²) in [7, 11) is 0. The molecule has 12 heavy (non-hydrogen) atoms. The van der Waals surface area contributed by atoms with Gasteiger partial charge in [-0.1, -0.05) is 31.2 Å². The van der Waals surface area contributed by atoms with E-state index in [1.165, 1.54) is 6.42 Å². The molecule has 2 aliphatic carbocycles. The first-order valence-corrected chi connectivity index (χ1v) is 4.53. The maximum atomic E-state index is 11.2. The van der Waals surface area contributed by atoms with Gasteiger partial charge in [0.1, 0.15) is 5.78 Å². The standard InChI is InChI=1S/C11H14O/c1-8(9(2)12)11-6-4-3-5-10(11)7-11/h3-6,8,10H,7H2,1-2H3. The second-order valence-corrected chi connectivity index (χ2v) is 4.00. The predicted molar refractivity (Wildman–Crippen MR) is 48.7 cm³/mol. The van der Waals surface area contributed by atoms with Crippen LogP contribution in [0.25, 0.3) is 0 Å². The summed E-state index contributed by atoms with van der Waals surface area (Å²) >= 11 is 0. The molecule has 0 heterocycles. The van der Waals surface area contributed by atoms with Gasteiger partial charge in [-0.05, 0) is 19.3 Å². The lowest BCUT2D eigenvalue weighted by atomic mass is 9.83. The van der Waals surface area contributed by atoms with Crippen molar-refractivity contribution >= 4 is 5.78 Å². The Morgan fingerprint density at radius 1 is 1.58 bits per heavy atom. The average molecular weight is 162 g/mol. The molecular weight excluding hydrogens is 148 g/mol. The lowest BCUT2D eigenvalue weighted by molar-refractivity contribution is -0.121. The van der Waals surface area contributed by atoms with Crippen LogP contribution in [-0.4, -0.2) is 5.78 Å². The molecule has 1 nitrogen and oxygen atoms in total. The van der Waals surface area contributed by atoms with Crippen molar-refractivity contribution in [2.75, 3.05) is 0 Å². The molecule has 2 rings (SSSR count). The highest BCUT2D eigenvalue weighted by molar-refractivity contribution is 5.80. The molecule has 2 aliphatic rings. The Balaban J connectivity index is 2.21. The van der Waals surface area contributed by atoms with Crippen LogP contribution in [0.1, 0.15) is 20.3 Å². The van der Waals surface area contributed by atoms with E-state index >= 15 is 0 Å². The number of Topliss-reactive ketones (excluding diaryl/α,β-unsaturated/α-hetero) is 1. The van der Waals surface area contributed by atoms with Crippen molar-refractivity contribution in [2.24, 2.45) is 17.3 Å². The molecule has 0 bridgehead atoms. The van der Waals surface area contributed by atoms with E-state index in [0.717, 1.165) is 0 Å². The van der Waals surface area contributed by atoms with E-state index in [1.54, 1.807) is 6.92 Å². The normalized spacial score (nSPS) is 39.0. The van der Waals surface area contributed by atoms with E-state index in [0.29, 0.717) is 11.7 Å². The molecule has 1 saturated carbocycles. The summed E-state index contributed by atoms with van der Waals surface area (Å²) in [6.07, 6.45) is 9.76. The van der Waals surface area contributed by atoms with Gasteiger partial charge in [0.25, 0.3) is 0 Å². The monoisotopic (exact) mass is 162 g/mol. The van der Waals surface area contributed by atoms with Gasteiger partial charge < -0.3 is 0 Å². The van der Waals surface area contributed by atoms with E-state index in [1.807, 2.05) is 6.92 Å². The number of carbonyl (C=O) groups excluding carboxylic acids is 1. The van der Waals surface area contributed by atoms with Crippen LogP contribution in [0.2, 0.25) is 0 Å². The number of hydrogen-bond donors (Lipinski definition) is 0. The summed E-state index contributed by atoms with van der Waals surface area (Å²) in [5.74, 6) is 1.16. The maximum Gasteiger partial charge on any atom is 0.133 e. The molecular formula is C11H14O. The molecule has 0 aromatic heterocycles. The van der Waals surface area contributed by atoms with E-state index in [9.17, 15) is 4.79 Å². The van der Waals surface area contributed by atoms with Crippen molar-refractivity contribution in [3.63, 3.8) is 0 Å². The van der Waals surface area contributed by atoms with Gasteiger partial charge in [0.15, 0.2) is 0 Å². The van der Waals surface area contributed by atoms with Crippen LogP contribution >= 0.6 is 0 Å². The fourth-order valence-electron chi connectivity index (χ4n) is 2.21. The lowest BCUT2D eigenvalue weighted by Gasteiger charge is -2.19. The first kappa shape index (κ1) is 7.78. The molecule has 3 atom stereocenters. The van der Waals surface area contributed by atoms with Crippen molar-refractivity contribution in [1.82, 2.24) is 0 Å². The van der Waals surface area contributed by atoms with Gasteiger partial charge in [0.05, 0.1) is 0 Å². The van der Waals surface area contributed by atoms with E-state index in [4.69, 9.17) is 0 Å². The number of ketones is 1. The number of carbonyl (C=O) groups is 1. The Kier molecular flexibility index (Phi) is 1.50. The van der Waals surface area contributed by atoms with Crippen LogP contribution in [-0.2, 0) is 4.79 Å². The van der Waals surface area contributed by atoms with Crippen molar-refractivity contribution in [2.45, 2.75) is 20.3 Å². The Labute approximate surface area is 73.2 Å². The minimum absolute atomic E-state index is 0.198. The van der Waals surface area contributed by atoms with Crippen LogP contribution < -0.4 is 0 Å². The number of hydrogen-bond acceptors (Lipinski definition) is 1. The molecule has 1 heteroatoms. The molecule has 0 aromatic carbocycles. The van der Waals surface area contributed by atoms with E-state index in [2.05, 4.69) is 24.3 Å². The summed E-state index contributed by atoms with van der Waals surface area (Å²) in [5, 5.41) is 0. The molecule has 0 spiro atoms. The van der Waals surface area contributed by atoms with Crippen LogP contribution in [0.3, 0.4) is 0 Å². The summed E-state index contributed by atoms with van der Waals surface area (Å²) in [6.45, 7) is 3.74. The van der Waals surface area contributed by atoms with Crippen molar-refractivity contribution in [3.8, 4) is 0 Å². The van der Waals surface area contributed by atoms with Crippen molar-refractivity contribution < 1.29 is 4.79 Å². The first-order valence-electron chi connectivity index (χ1n) is 4.53. The largest absolute Gasteiger partial charge is 0.300 e. The third kappa shape index (κ3) is 0.889. The summed E-state index contributed by atoms with van der Waals surface area (Å²) < 4.78 is 0. The molecule has 0 amide bonds. The highest BCUT2D eigenvalue weighted by Crippen LogP contribution is 2.61.